The number of hydrogen-bond acceptors (Lipinski definition) is 4. The highest BCUT2D eigenvalue weighted by molar-refractivity contribution is 5.91. The number of aryl methyl sites for hydroxylation is 2. The van der Waals surface area contributed by atoms with Gasteiger partial charge in [-0.2, -0.15) is 0 Å². The lowest BCUT2D eigenvalue weighted by Crippen LogP contribution is -2.43. The van der Waals surface area contributed by atoms with E-state index in [9.17, 15) is 9.59 Å². The van der Waals surface area contributed by atoms with Gasteiger partial charge < -0.3 is 14.4 Å². The van der Waals surface area contributed by atoms with E-state index in [1.54, 1.807) is 23.1 Å². The molecular formula is C28H39NO4. The van der Waals surface area contributed by atoms with Gasteiger partial charge in [0, 0.05) is 12.1 Å². The molecule has 0 aliphatic carbocycles. The van der Waals surface area contributed by atoms with Gasteiger partial charge in [0.1, 0.15) is 0 Å². The third-order valence-electron chi connectivity index (χ3n) is 5.55. The second-order valence-corrected chi connectivity index (χ2v) is 10.2. The van der Waals surface area contributed by atoms with Gasteiger partial charge in [-0.1, -0.05) is 52.3 Å². The van der Waals surface area contributed by atoms with Gasteiger partial charge >= 0.3 is 12.1 Å². The van der Waals surface area contributed by atoms with Crippen molar-refractivity contribution in [1.82, 2.24) is 4.90 Å². The minimum absolute atomic E-state index is 0.0305. The molecule has 1 amide bonds. The molecular weight excluding hydrogens is 414 g/mol. The lowest BCUT2D eigenvalue weighted by molar-refractivity contribution is 0.0722. The molecule has 0 bridgehead atoms. The number of rotatable bonds is 7. The van der Waals surface area contributed by atoms with Crippen molar-refractivity contribution in [2.24, 2.45) is 0 Å². The van der Waals surface area contributed by atoms with Gasteiger partial charge in [0.15, 0.2) is 11.5 Å². The molecule has 2 aromatic rings. The number of hydrogen-bond donors (Lipinski definition) is 0. The first-order chi connectivity index (χ1) is 15.3. The van der Waals surface area contributed by atoms with Gasteiger partial charge in [0.2, 0.25) is 0 Å². The molecule has 0 N–H and O–H groups in total. The molecule has 0 unspecified atom stereocenters. The van der Waals surface area contributed by atoms with Crippen LogP contribution in [0.1, 0.15) is 88.9 Å². The summed E-state index contributed by atoms with van der Waals surface area (Å²) in [6.45, 7) is 18.0. The van der Waals surface area contributed by atoms with Gasteiger partial charge in [-0.15, -0.1) is 0 Å². The SMILES string of the molecule is CCCc1ccc(C(=O)Oc2c(C)cc(C(C)(C)C)cc2OC(=O)N(C(C)C)C(C)C)cc1. The summed E-state index contributed by atoms with van der Waals surface area (Å²) < 4.78 is 11.6. The molecule has 0 aliphatic heterocycles. The molecule has 33 heavy (non-hydrogen) atoms. The predicted molar refractivity (Wildman–Crippen MR) is 133 cm³/mol. The maximum atomic E-state index is 13.0. The Morgan fingerprint density at radius 2 is 1.52 bits per heavy atom. The zero-order chi connectivity index (χ0) is 24.9. The van der Waals surface area contributed by atoms with Gasteiger partial charge in [-0.05, 0) is 81.3 Å². The minimum Gasteiger partial charge on any atom is -0.419 e. The molecule has 0 heterocycles. The Labute approximate surface area is 199 Å². The molecule has 180 valence electrons. The Balaban J connectivity index is 2.43. The number of carbonyl (C=O) groups excluding carboxylic acids is 2. The first-order valence-electron chi connectivity index (χ1n) is 11.8. The van der Waals surface area contributed by atoms with Gasteiger partial charge in [0.25, 0.3) is 0 Å². The van der Waals surface area contributed by atoms with E-state index in [4.69, 9.17) is 9.47 Å². The zero-order valence-corrected chi connectivity index (χ0v) is 21.6. The lowest BCUT2D eigenvalue weighted by atomic mass is 9.86. The average Bonchev–Trinajstić information content (AvgIpc) is 2.69. The first-order valence-corrected chi connectivity index (χ1v) is 11.8. The van der Waals surface area contributed by atoms with Crippen LogP contribution in [0.25, 0.3) is 0 Å². The summed E-state index contributed by atoms with van der Waals surface area (Å²) in [4.78, 5) is 27.6. The van der Waals surface area contributed by atoms with Gasteiger partial charge in [0.05, 0.1) is 5.56 Å². The number of amides is 1. The van der Waals surface area contributed by atoms with Crippen molar-refractivity contribution < 1.29 is 19.1 Å². The second kappa shape index (κ2) is 10.9. The number of benzene rings is 2. The van der Waals surface area contributed by atoms with E-state index in [0.29, 0.717) is 5.56 Å². The summed E-state index contributed by atoms with van der Waals surface area (Å²) in [6, 6.07) is 11.2. The Hall–Kier alpha value is -2.82. The van der Waals surface area contributed by atoms with Crippen LogP contribution in [0.2, 0.25) is 0 Å². The van der Waals surface area contributed by atoms with Crippen LogP contribution in [0, 0.1) is 6.92 Å². The van der Waals surface area contributed by atoms with Crippen LogP contribution in [-0.4, -0.2) is 29.0 Å². The fourth-order valence-corrected chi connectivity index (χ4v) is 3.79. The highest BCUT2D eigenvalue weighted by atomic mass is 16.6. The Kier molecular flexibility index (Phi) is 8.70. The maximum Gasteiger partial charge on any atom is 0.415 e. The van der Waals surface area contributed by atoms with E-state index in [1.807, 2.05) is 52.8 Å². The standard InChI is InChI=1S/C28H39NO4/c1-10-11-21-12-14-22(15-13-21)26(30)33-25-20(6)16-23(28(7,8)9)17-24(25)32-27(31)29(18(2)3)19(4)5/h12-19H,10-11H2,1-9H3. The van der Waals surface area contributed by atoms with Gasteiger partial charge in [-0.25, -0.2) is 9.59 Å². The Morgan fingerprint density at radius 3 is 2.00 bits per heavy atom. The van der Waals surface area contributed by atoms with Crippen molar-refractivity contribution >= 4 is 12.1 Å². The van der Waals surface area contributed by atoms with E-state index in [1.165, 1.54) is 5.56 Å². The summed E-state index contributed by atoms with van der Waals surface area (Å²) in [5.74, 6) is 0.0464. The first kappa shape index (κ1) is 26.4. The van der Waals surface area contributed by atoms with Crippen molar-refractivity contribution in [3.63, 3.8) is 0 Å². The molecule has 0 aromatic heterocycles. The number of ether oxygens (including phenoxy) is 2. The summed E-state index contributed by atoms with van der Waals surface area (Å²) in [7, 11) is 0. The largest absolute Gasteiger partial charge is 0.419 e. The van der Waals surface area contributed by atoms with Crippen molar-refractivity contribution in [2.45, 2.75) is 92.7 Å². The van der Waals surface area contributed by atoms with E-state index in [-0.39, 0.29) is 29.0 Å². The van der Waals surface area contributed by atoms with Gasteiger partial charge in [-0.3, -0.25) is 0 Å². The summed E-state index contributed by atoms with van der Waals surface area (Å²) in [5.41, 5.74) is 3.20. The third kappa shape index (κ3) is 6.83. The molecule has 2 aromatic carbocycles. The molecule has 0 spiro atoms. The van der Waals surface area contributed by atoms with Crippen LogP contribution in [-0.2, 0) is 11.8 Å². The summed E-state index contributed by atoms with van der Waals surface area (Å²) >= 11 is 0. The minimum atomic E-state index is -0.480. The van der Waals surface area contributed by atoms with Crippen molar-refractivity contribution in [2.75, 3.05) is 0 Å². The molecule has 0 atom stereocenters. The van der Waals surface area contributed by atoms with Crippen molar-refractivity contribution in [1.29, 1.82) is 0 Å². The van der Waals surface area contributed by atoms with Crippen LogP contribution in [0.3, 0.4) is 0 Å². The summed E-state index contributed by atoms with van der Waals surface area (Å²) in [6.07, 6.45) is 1.54. The zero-order valence-electron chi connectivity index (χ0n) is 21.6. The fourth-order valence-electron chi connectivity index (χ4n) is 3.79. The molecule has 0 saturated carbocycles. The van der Waals surface area contributed by atoms with Crippen LogP contribution < -0.4 is 9.47 Å². The van der Waals surface area contributed by atoms with E-state index in [2.05, 4.69) is 27.7 Å². The highest BCUT2D eigenvalue weighted by Gasteiger charge is 2.27. The lowest BCUT2D eigenvalue weighted by Gasteiger charge is -2.30. The Morgan fingerprint density at radius 1 is 0.939 bits per heavy atom. The molecule has 2 rings (SSSR count). The fraction of sp³-hybridized carbons (Fsp3) is 0.500. The Bertz CT molecular complexity index is 961. The van der Waals surface area contributed by atoms with E-state index < -0.39 is 12.1 Å². The van der Waals surface area contributed by atoms with Crippen molar-refractivity contribution in [3.05, 3.63) is 58.7 Å². The molecule has 5 nitrogen and oxygen atoms in total. The average molecular weight is 454 g/mol. The predicted octanol–water partition coefficient (Wildman–Crippen LogP) is 7.08. The van der Waals surface area contributed by atoms with Crippen LogP contribution in [0.5, 0.6) is 11.5 Å². The van der Waals surface area contributed by atoms with Crippen LogP contribution >= 0.6 is 0 Å². The molecule has 5 heteroatoms. The quantitative estimate of drug-likeness (QED) is 0.332. The smallest absolute Gasteiger partial charge is 0.415 e. The number of esters is 1. The normalized spacial score (nSPS) is 11.6. The summed E-state index contributed by atoms with van der Waals surface area (Å²) in [5, 5.41) is 0. The topological polar surface area (TPSA) is 55.8 Å². The molecule has 0 radical (unpaired) electrons. The molecule has 0 fully saturated rings. The highest BCUT2D eigenvalue weighted by Crippen LogP contribution is 2.37. The molecule has 0 aliphatic rings. The number of carbonyl (C=O) groups is 2. The third-order valence-corrected chi connectivity index (χ3v) is 5.55. The monoisotopic (exact) mass is 453 g/mol. The molecule has 0 saturated heterocycles. The van der Waals surface area contributed by atoms with E-state index >= 15 is 0 Å². The number of nitrogens with zero attached hydrogens (tertiary/aromatic N) is 1. The van der Waals surface area contributed by atoms with Crippen molar-refractivity contribution in [3.8, 4) is 11.5 Å². The van der Waals surface area contributed by atoms with E-state index in [0.717, 1.165) is 24.0 Å². The van der Waals surface area contributed by atoms with Crippen LogP contribution in [0.4, 0.5) is 4.79 Å². The maximum absolute atomic E-state index is 13.0. The second-order valence-electron chi connectivity index (χ2n) is 10.2. The van der Waals surface area contributed by atoms with Crippen LogP contribution in [0.15, 0.2) is 36.4 Å².